The second-order valence-corrected chi connectivity index (χ2v) is 6.87. The number of carbonyl (C=O) groups is 2. The van der Waals surface area contributed by atoms with E-state index in [9.17, 15) is 9.59 Å². The Morgan fingerprint density at radius 1 is 0.786 bits per heavy atom. The van der Waals surface area contributed by atoms with Gasteiger partial charge in [0.1, 0.15) is 0 Å². The lowest BCUT2D eigenvalue weighted by atomic mass is 9.99. The van der Waals surface area contributed by atoms with Gasteiger partial charge in [-0.15, -0.1) is 0 Å². The van der Waals surface area contributed by atoms with Gasteiger partial charge < -0.3 is 9.64 Å². The Morgan fingerprint density at radius 2 is 1.36 bits per heavy atom. The molecule has 0 saturated heterocycles. The zero-order valence-electron chi connectivity index (χ0n) is 16.3. The number of hydrogen-bond acceptors (Lipinski definition) is 4. The molecule has 4 heteroatoms. The molecule has 0 radical (unpaired) electrons. The Kier molecular flexibility index (Phi) is 5.90. The summed E-state index contributed by atoms with van der Waals surface area (Å²) < 4.78 is 5.67. The van der Waals surface area contributed by atoms with Crippen LogP contribution in [0, 0.1) is 6.92 Å². The van der Waals surface area contributed by atoms with Crippen molar-refractivity contribution in [3.05, 3.63) is 101 Å². The molecule has 28 heavy (non-hydrogen) atoms. The number of esters is 1. The molecule has 1 unspecified atom stereocenters. The molecule has 0 aromatic heterocycles. The van der Waals surface area contributed by atoms with Crippen LogP contribution in [0.5, 0.6) is 0 Å². The van der Waals surface area contributed by atoms with Gasteiger partial charge >= 0.3 is 5.97 Å². The lowest BCUT2D eigenvalue weighted by Gasteiger charge is -2.18. The molecule has 1 atom stereocenters. The molecule has 0 aliphatic carbocycles. The van der Waals surface area contributed by atoms with Crippen LogP contribution in [0.15, 0.2) is 78.9 Å². The fourth-order valence-electron chi connectivity index (χ4n) is 2.84. The van der Waals surface area contributed by atoms with Crippen molar-refractivity contribution in [1.29, 1.82) is 0 Å². The van der Waals surface area contributed by atoms with Gasteiger partial charge in [-0.2, -0.15) is 0 Å². The Balaban J connectivity index is 1.88. The third-order valence-corrected chi connectivity index (χ3v) is 4.52. The van der Waals surface area contributed by atoms with Crippen LogP contribution in [0.25, 0.3) is 0 Å². The van der Waals surface area contributed by atoms with E-state index in [-0.39, 0.29) is 5.78 Å². The van der Waals surface area contributed by atoms with E-state index in [2.05, 4.69) is 0 Å². The summed E-state index contributed by atoms with van der Waals surface area (Å²) in [5.41, 5.74) is 3.60. The van der Waals surface area contributed by atoms with Crippen LogP contribution in [0.1, 0.15) is 37.9 Å². The van der Waals surface area contributed by atoms with E-state index in [1.807, 2.05) is 68.4 Å². The van der Waals surface area contributed by atoms with E-state index in [1.165, 1.54) is 0 Å². The molecule has 0 aliphatic rings. The first-order chi connectivity index (χ1) is 13.5. The van der Waals surface area contributed by atoms with Gasteiger partial charge in [0.15, 0.2) is 6.10 Å². The number of rotatable bonds is 6. The monoisotopic (exact) mass is 373 g/mol. The first kappa shape index (κ1) is 19.4. The highest BCUT2D eigenvalue weighted by molar-refractivity contribution is 6.02. The van der Waals surface area contributed by atoms with Gasteiger partial charge in [-0.05, 0) is 31.2 Å². The second-order valence-electron chi connectivity index (χ2n) is 6.87. The normalized spacial score (nSPS) is 11.5. The average Bonchev–Trinajstić information content (AvgIpc) is 2.72. The summed E-state index contributed by atoms with van der Waals surface area (Å²) in [6, 6.07) is 23.4. The summed E-state index contributed by atoms with van der Waals surface area (Å²) in [7, 11) is 3.86. The number of anilines is 1. The summed E-state index contributed by atoms with van der Waals surface area (Å²) in [6.07, 6.45) is -0.995. The molecular weight excluding hydrogens is 350 g/mol. The molecule has 0 N–H and O–H groups in total. The summed E-state index contributed by atoms with van der Waals surface area (Å²) >= 11 is 0. The molecule has 4 nitrogen and oxygen atoms in total. The van der Waals surface area contributed by atoms with Crippen molar-refractivity contribution in [2.24, 2.45) is 0 Å². The largest absolute Gasteiger partial charge is 0.445 e. The Labute approximate surface area is 165 Å². The molecule has 0 aliphatic heterocycles. The predicted molar refractivity (Wildman–Crippen MR) is 111 cm³/mol. The first-order valence-corrected chi connectivity index (χ1v) is 9.10. The van der Waals surface area contributed by atoms with Gasteiger partial charge in [0.05, 0.1) is 5.56 Å². The highest BCUT2D eigenvalue weighted by Gasteiger charge is 2.26. The summed E-state index contributed by atoms with van der Waals surface area (Å²) in [5.74, 6) is -0.774. The third-order valence-electron chi connectivity index (χ3n) is 4.52. The van der Waals surface area contributed by atoms with E-state index in [1.54, 1.807) is 36.4 Å². The zero-order chi connectivity index (χ0) is 20.1. The van der Waals surface area contributed by atoms with E-state index in [0.29, 0.717) is 16.7 Å². The fraction of sp³-hybridized carbons (Fsp3) is 0.167. The topological polar surface area (TPSA) is 46.6 Å². The van der Waals surface area contributed by atoms with Crippen LogP contribution in [-0.2, 0) is 4.74 Å². The number of aryl methyl sites for hydroxylation is 1. The molecule has 0 amide bonds. The number of hydrogen-bond donors (Lipinski definition) is 0. The minimum atomic E-state index is -0.995. The number of Topliss-reactive ketones (excluding diaryl/α,β-unsaturated/α-hetero) is 1. The lowest BCUT2D eigenvalue weighted by molar-refractivity contribution is 0.0280. The van der Waals surface area contributed by atoms with Gasteiger partial charge in [0, 0.05) is 30.9 Å². The Bertz CT molecular complexity index is 945. The van der Waals surface area contributed by atoms with E-state index >= 15 is 0 Å². The van der Waals surface area contributed by atoms with Crippen LogP contribution in [0.4, 0.5) is 5.69 Å². The molecule has 3 aromatic rings. The van der Waals surface area contributed by atoms with Crippen molar-refractivity contribution >= 4 is 17.4 Å². The summed E-state index contributed by atoms with van der Waals surface area (Å²) in [6.45, 7) is 1.96. The van der Waals surface area contributed by atoms with Crippen molar-refractivity contribution in [2.75, 3.05) is 19.0 Å². The molecular formula is C24H23NO3. The molecule has 3 aromatic carbocycles. The van der Waals surface area contributed by atoms with Crippen LogP contribution >= 0.6 is 0 Å². The van der Waals surface area contributed by atoms with Crippen molar-refractivity contribution in [3.8, 4) is 0 Å². The highest BCUT2D eigenvalue weighted by Crippen LogP contribution is 2.25. The van der Waals surface area contributed by atoms with E-state index < -0.39 is 12.1 Å². The maximum Gasteiger partial charge on any atom is 0.339 e. The average molecular weight is 373 g/mol. The number of ether oxygens (including phenoxy) is 1. The minimum Gasteiger partial charge on any atom is -0.445 e. The van der Waals surface area contributed by atoms with Gasteiger partial charge in [-0.1, -0.05) is 60.2 Å². The van der Waals surface area contributed by atoms with Crippen molar-refractivity contribution in [1.82, 2.24) is 0 Å². The lowest BCUT2D eigenvalue weighted by Crippen LogP contribution is -2.20. The van der Waals surface area contributed by atoms with Gasteiger partial charge in [-0.3, -0.25) is 4.79 Å². The summed E-state index contributed by atoms with van der Waals surface area (Å²) in [4.78, 5) is 27.7. The summed E-state index contributed by atoms with van der Waals surface area (Å²) in [5, 5.41) is 0. The van der Waals surface area contributed by atoms with Crippen molar-refractivity contribution in [3.63, 3.8) is 0 Å². The number of ketones is 1. The number of nitrogens with zero attached hydrogens (tertiary/aromatic N) is 1. The molecule has 0 spiro atoms. The number of carbonyl (C=O) groups excluding carboxylic acids is 2. The molecule has 0 heterocycles. The van der Waals surface area contributed by atoms with Crippen molar-refractivity contribution < 1.29 is 14.3 Å². The predicted octanol–water partition coefficient (Wildman–Crippen LogP) is 4.84. The van der Waals surface area contributed by atoms with Crippen molar-refractivity contribution in [2.45, 2.75) is 13.0 Å². The van der Waals surface area contributed by atoms with Crippen LogP contribution in [0.3, 0.4) is 0 Å². The molecule has 0 saturated carbocycles. The van der Waals surface area contributed by atoms with E-state index in [0.717, 1.165) is 11.3 Å². The van der Waals surface area contributed by atoms with Crippen LogP contribution < -0.4 is 4.90 Å². The Morgan fingerprint density at radius 3 is 1.93 bits per heavy atom. The fourth-order valence-corrected chi connectivity index (χ4v) is 2.84. The zero-order valence-corrected chi connectivity index (χ0v) is 16.3. The quantitative estimate of drug-likeness (QED) is 0.458. The van der Waals surface area contributed by atoms with Crippen LogP contribution in [0.2, 0.25) is 0 Å². The number of benzene rings is 3. The second kappa shape index (κ2) is 8.53. The van der Waals surface area contributed by atoms with Crippen LogP contribution in [-0.4, -0.2) is 25.8 Å². The maximum absolute atomic E-state index is 13.1. The SMILES string of the molecule is Cc1ccc(C(=O)C(OC(=O)c2ccc(N(C)C)cc2)c2ccccc2)cc1. The standard InChI is InChI=1S/C24H23NO3/c1-17-9-11-18(12-10-17)22(26)23(19-7-5-4-6-8-19)28-24(27)20-13-15-21(16-14-20)25(2)3/h4-16,23H,1-3H3. The maximum atomic E-state index is 13.1. The van der Waals surface area contributed by atoms with E-state index in [4.69, 9.17) is 4.74 Å². The Hall–Kier alpha value is -3.40. The third kappa shape index (κ3) is 4.46. The molecule has 0 fully saturated rings. The van der Waals surface area contributed by atoms with Gasteiger partial charge in [0.2, 0.25) is 5.78 Å². The molecule has 3 rings (SSSR count). The smallest absolute Gasteiger partial charge is 0.339 e. The van der Waals surface area contributed by atoms with Gasteiger partial charge in [-0.25, -0.2) is 4.79 Å². The molecule has 0 bridgehead atoms. The minimum absolute atomic E-state index is 0.246. The first-order valence-electron chi connectivity index (χ1n) is 9.10. The highest BCUT2D eigenvalue weighted by atomic mass is 16.5. The van der Waals surface area contributed by atoms with Gasteiger partial charge in [0.25, 0.3) is 0 Å². The molecule has 142 valence electrons.